The predicted octanol–water partition coefficient (Wildman–Crippen LogP) is 4.04. The first kappa shape index (κ1) is 18.9. The molecule has 1 aromatic carbocycles. The first-order chi connectivity index (χ1) is 12.6. The summed E-state index contributed by atoms with van der Waals surface area (Å²) in [5.74, 6) is 0.990. The molecular formula is C16H15BrF3N3O3S. The Hall–Kier alpha value is -1.46. The minimum absolute atomic E-state index is 0.149. The van der Waals surface area contributed by atoms with Crippen LogP contribution in [0.25, 0.3) is 0 Å². The van der Waals surface area contributed by atoms with Crippen molar-refractivity contribution in [3.8, 4) is 0 Å². The van der Waals surface area contributed by atoms with Crippen LogP contribution in [-0.4, -0.2) is 30.0 Å². The van der Waals surface area contributed by atoms with Gasteiger partial charge in [0.25, 0.3) is 0 Å². The molecule has 2 saturated carbocycles. The number of hydrogen-bond acceptors (Lipinski definition) is 5. The van der Waals surface area contributed by atoms with Crippen LogP contribution in [0.2, 0.25) is 0 Å². The highest BCUT2D eigenvalue weighted by Gasteiger charge is 2.57. The summed E-state index contributed by atoms with van der Waals surface area (Å²) in [5.41, 5.74) is -1.87. The fourth-order valence-electron chi connectivity index (χ4n) is 2.96. The summed E-state index contributed by atoms with van der Waals surface area (Å²) >= 11 is 2.96. The summed E-state index contributed by atoms with van der Waals surface area (Å²) in [6, 6.07) is 2.47. The van der Waals surface area contributed by atoms with Crippen molar-refractivity contribution in [1.82, 2.24) is 14.5 Å². The van der Waals surface area contributed by atoms with Gasteiger partial charge in [-0.2, -0.15) is 17.5 Å². The summed E-state index contributed by atoms with van der Waals surface area (Å²) in [4.78, 5) is -0.244. The summed E-state index contributed by atoms with van der Waals surface area (Å²) in [5, 5.41) is 8.03. The fourth-order valence-corrected chi connectivity index (χ4v) is 5.52. The van der Waals surface area contributed by atoms with E-state index in [0.29, 0.717) is 18.7 Å². The molecule has 0 unspecified atom stereocenters. The predicted molar refractivity (Wildman–Crippen MR) is 91.3 cm³/mol. The Morgan fingerprint density at radius 1 is 1.26 bits per heavy atom. The molecule has 1 heterocycles. The third-order valence-electron chi connectivity index (χ3n) is 4.99. The van der Waals surface area contributed by atoms with Gasteiger partial charge in [0.05, 0.1) is 10.5 Å². The number of halogens is 4. The first-order valence-electron chi connectivity index (χ1n) is 8.25. The Kier molecular flexibility index (Phi) is 4.21. The highest BCUT2D eigenvalue weighted by Crippen LogP contribution is 2.53. The molecule has 0 atom stereocenters. The van der Waals surface area contributed by atoms with Gasteiger partial charge >= 0.3 is 6.18 Å². The number of sulfonamides is 1. The molecule has 27 heavy (non-hydrogen) atoms. The normalized spacial score (nSPS) is 19.5. The van der Waals surface area contributed by atoms with E-state index in [1.807, 2.05) is 0 Å². The maximum Gasteiger partial charge on any atom is 0.416 e. The van der Waals surface area contributed by atoms with Gasteiger partial charge in [0.15, 0.2) is 0 Å². The molecule has 1 aromatic heterocycles. The molecule has 146 valence electrons. The number of benzene rings is 1. The van der Waals surface area contributed by atoms with Gasteiger partial charge in [-0.15, -0.1) is 10.2 Å². The van der Waals surface area contributed by atoms with Crippen LogP contribution in [0.4, 0.5) is 13.2 Å². The van der Waals surface area contributed by atoms with Gasteiger partial charge in [-0.05, 0) is 59.8 Å². The van der Waals surface area contributed by atoms with Crippen molar-refractivity contribution in [3.05, 3.63) is 40.0 Å². The quantitative estimate of drug-likeness (QED) is 0.665. The Morgan fingerprint density at radius 3 is 2.44 bits per heavy atom. The summed E-state index contributed by atoms with van der Waals surface area (Å²) in [6.45, 7) is 0. The lowest BCUT2D eigenvalue weighted by Gasteiger charge is -2.25. The van der Waals surface area contributed by atoms with Crippen LogP contribution in [0, 0.1) is 0 Å². The zero-order valence-electron chi connectivity index (χ0n) is 14.1. The van der Waals surface area contributed by atoms with Crippen LogP contribution >= 0.6 is 15.9 Å². The van der Waals surface area contributed by atoms with Gasteiger partial charge in [0.2, 0.25) is 21.8 Å². The van der Waals surface area contributed by atoms with Gasteiger partial charge in [0, 0.05) is 17.4 Å². The molecule has 0 radical (unpaired) electrons. The van der Waals surface area contributed by atoms with Crippen LogP contribution in [0.15, 0.2) is 32.0 Å². The van der Waals surface area contributed by atoms with Crippen LogP contribution in [0.1, 0.15) is 48.9 Å². The summed E-state index contributed by atoms with van der Waals surface area (Å²) in [7, 11) is -2.70. The van der Waals surface area contributed by atoms with Crippen molar-refractivity contribution in [3.63, 3.8) is 0 Å². The van der Waals surface area contributed by atoms with Crippen molar-refractivity contribution in [2.24, 2.45) is 0 Å². The number of alkyl halides is 3. The monoisotopic (exact) mass is 465 g/mol. The molecular weight excluding hydrogens is 451 g/mol. The Balaban J connectivity index is 1.67. The molecule has 6 nitrogen and oxygen atoms in total. The highest BCUT2D eigenvalue weighted by molar-refractivity contribution is 9.10. The number of hydrogen-bond donors (Lipinski definition) is 0. The van der Waals surface area contributed by atoms with Crippen molar-refractivity contribution >= 4 is 26.0 Å². The Labute approximate surface area is 161 Å². The zero-order valence-corrected chi connectivity index (χ0v) is 16.5. The highest BCUT2D eigenvalue weighted by atomic mass is 79.9. The minimum Gasteiger partial charge on any atom is -0.423 e. The maximum absolute atomic E-state index is 13.1. The molecule has 0 spiro atoms. The van der Waals surface area contributed by atoms with E-state index >= 15 is 0 Å². The molecule has 0 saturated heterocycles. The van der Waals surface area contributed by atoms with E-state index in [1.165, 1.54) is 7.05 Å². The van der Waals surface area contributed by atoms with Gasteiger partial charge in [0.1, 0.15) is 5.54 Å². The van der Waals surface area contributed by atoms with Crippen molar-refractivity contribution in [2.45, 2.75) is 48.2 Å². The lowest BCUT2D eigenvalue weighted by molar-refractivity contribution is -0.137. The van der Waals surface area contributed by atoms with E-state index in [-0.39, 0.29) is 21.2 Å². The molecule has 2 aliphatic carbocycles. The van der Waals surface area contributed by atoms with Crippen LogP contribution < -0.4 is 0 Å². The molecule has 2 fully saturated rings. The lowest BCUT2D eigenvalue weighted by atomic mass is 10.2. The SMILES string of the molecule is CN(C1(c2nnc(C3CC3)o2)CC1)S(=O)(=O)c1ccc(C(F)(F)F)cc1Br. The van der Waals surface area contributed by atoms with E-state index in [1.54, 1.807) is 0 Å². The van der Waals surface area contributed by atoms with Crippen LogP contribution in [-0.2, 0) is 21.7 Å². The second kappa shape index (κ2) is 6.02. The third-order valence-corrected chi connectivity index (χ3v) is 7.89. The second-order valence-electron chi connectivity index (χ2n) is 6.87. The van der Waals surface area contributed by atoms with Gasteiger partial charge < -0.3 is 4.42 Å². The van der Waals surface area contributed by atoms with E-state index < -0.39 is 27.3 Å². The van der Waals surface area contributed by atoms with Crippen molar-refractivity contribution in [2.75, 3.05) is 7.05 Å². The van der Waals surface area contributed by atoms with E-state index in [2.05, 4.69) is 26.1 Å². The summed E-state index contributed by atoms with van der Waals surface area (Å²) in [6.07, 6.45) is -1.60. The standard InChI is InChI=1S/C16H15BrF3N3O3S/c1-23(15(6-7-15)14-22-21-13(26-14)9-2-3-9)27(24,25)12-5-4-10(8-11(12)17)16(18,19)20/h4-5,8-9H,2-3,6-7H2,1H3. The van der Waals surface area contributed by atoms with Gasteiger partial charge in [-0.25, -0.2) is 8.42 Å². The first-order valence-corrected chi connectivity index (χ1v) is 10.5. The Bertz CT molecular complexity index is 998. The van der Waals surface area contributed by atoms with Crippen molar-refractivity contribution < 1.29 is 26.0 Å². The Morgan fingerprint density at radius 2 is 1.93 bits per heavy atom. The fraction of sp³-hybridized carbons (Fsp3) is 0.500. The topological polar surface area (TPSA) is 76.3 Å². The number of aromatic nitrogens is 2. The molecule has 0 N–H and O–H groups in total. The van der Waals surface area contributed by atoms with Crippen molar-refractivity contribution in [1.29, 1.82) is 0 Å². The molecule has 0 aliphatic heterocycles. The maximum atomic E-state index is 13.1. The molecule has 2 aromatic rings. The van der Waals surface area contributed by atoms with Crippen LogP contribution in [0.5, 0.6) is 0 Å². The van der Waals surface area contributed by atoms with E-state index in [0.717, 1.165) is 35.3 Å². The molecule has 4 rings (SSSR count). The van der Waals surface area contributed by atoms with Gasteiger partial charge in [-0.3, -0.25) is 0 Å². The molecule has 2 aliphatic rings. The average Bonchev–Trinajstić information content (AvgIpc) is 3.52. The zero-order chi connectivity index (χ0) is 19.6. The van der Waals surface area contributed by atoms with Crippen LogP contribution in [0.3, 0.4) is 0 Å². The van der Waals surface area contributed by atoms with E-state index in [4.69, 9.17) is 4.42 Å². The number of rotatable bonds is 5. The van der Waals surface area contributed by atoms with E-state index in [9.17, 15) is 21.6 Å². The molecule has 0 amide bonds. The third kappa shape index (κ3) is 3.19. The van der Waals surface area contributed by atoms with Gasteiger partial charge in [-0.1, -0.05) is 0 Å². The molecule has 11 heteroatoms. The molecule has 0 bridgehead atoms. The largest absolute Gasteiger partial charge is 0.423 e. The smallest absolute Gasteiger partial charge is 0.416 e. The summed E-state index contributed by atoms with van der Waals surface area (Å²) < 4.78 is 71.3. The number of nitrogens with zero attached hydrogens (tertiary/aromatic N) is 3. The minimum atomic E-state index is -4.56. The second-order valence-corrected chi connectivity index (χ2v) is 9.66. The average molecular weight is 466 g/mol. The lowest BCUT2D eigenvalue weighted by Crippen LogP contribution is -2.37.